The Balaban J connectivity index is 1.49. The van der Waals surface area contributed by atoms with Crippen molar-refractivity contribution in [1.29, 1.82) is 0 Å². The van der Waals surface area contributed by atoms with Gasteiger partial charge in [-0.2, -0.15) is 0 Å². The van der Waals surface area contributed by atoms with Crippen LogP contribution in [-0.4, -0.2) is 54.6 Å². The summed E-state index contributed by atoms with van der Waals surface area (Å²) in [7, 11) is -0.687. The molecule has 0 bridgehead atoms. The highest BCUT2D eigenvalue weighted by Crippen LogP contribution is 2.26. The van der Waals surface area contributed by atoms with E-state index in [1.54, 1.807) is 0 Å². The molecule has 35 heavy (non-hydrogen) atoms. The molecule has 0 aliphatic heterocycles. The molecule has 1 heterocycles. The van der Waals surface area contributed by atoms with Crippen LogP contribution < -0.4 is 10.6 Å². The van der Waals surface area contributed by atoms with Crippen LogP contribution in [0.25, 0.3) is 0 Å². The zero-order valence-corrected chi connectivity index (χ0v) is 22.1. The van der Waals surface area contributed by atoms with Gasteiger partial charge in [0.1, 0.15) is 0 Å². The van der Waals surface area contributed by atoms with Crippen LogP contribution in [0.5, 0.6) is 0 Å². The van der Waals surface area contributed by atoms with Crippen LogP contribution in [0.1, 0.15) is 35.7 Å². The van der Waals surface area contributed by atoms with Crippen LogP contribution in [0.3, 0.4) is 0 Å². The number of aromatic nitrogens is 2. The highest BCUT2D eigenvalue weighted by Gasteiger charge is 2.18. The van der Waals surface area contributed by atoms with Gasteiger partial charge in [-0.05, 0) is 54.8 Å². The minimum Gasteiger partial charge on any atom is -0.325 e. The molecular weight excluding hydrogens is 506 g/mol. The summed E-state index contributed by atoms with van der Waals surface area (Å²) < 4.78 is 25.9. The molecule has 0 aliphatic rings. The summed E-state index contributed by atoms with van der Waals surface area (Å²) in [5.41, 5.74) is 2.27. The fourth-order valence-corrected chi connectivity index (χ4v) is 5.39. The van der Waals surface area contributed by atoms with Crippen molar-refractivity contribution in [3.8, 4) is 0 Å². The van der Waals surface area contributed by atoms with E-state index in [9.17, 15) is 18.0 Å². The fourth-order valence-electron chi connectivity index (χ4n) is 2.94. The first-order valence-corrected chi connectivity index (χ1v) is 14.1. The summed E-state index contributed by atoms with van der Waals surface area (Å²) in [5.74, 6) is -0.446. The summed E-state index contributed by atoms with van der Waals surface area (Å²) in [4.78, 5) is 24.8. The smallest absolute Gasteiger partial charge is 0.257 e. The Labute approximate surface area is 213 Å². The quantitative estimate of drug-likeness (QED) is 0.281. The molecule has 2 aromatic carbocycles. The topological polar surface area (TPSA) is 121 Å². The zero-order chi connectivity index (χ0) is 25.4. The first-order valence-electron chi connectivity index (χ1n) is 10.9. The number of hydrogen-bond donors (Lipinski definition) is 2. The van der Waals surface area contributed by atoms with Gasteiger partial charge in [-0.3, -0.25) is 14.9 Å². The first kappa shape index (κ1) is 26.8. The van der Waals surface area contributed by atoms with Crippen molar-refractivity contribution < 1.29 is 18.0 Å². The molecule has 12 heteroatoms. The Kier molecular flexibility index (Phi) is 9.38. The molecule has 2 amide bonds. The molecular formula is C23H27N5O4S3. The van der Waals surface area contributed by atoms with Crippen molar-refractivity contribution in [2.45, 2.75) is 35.4 Å². The lowest BCUT2D eigenvalue weighted by Gasteiger charge is -2.11. The summed E-state index contributed by atoms with van der Waals surface area (Å²) in [6.07, 6.45) is 3.31. The molecule has 3 rings (SSSR count). The number of aryl methyl sites for hydroxylation is 1. The Morgan fingerprint density at radius 3 is 2.31 bits per heavy atom. The summed E-state index contributed by atoms with van der Waals surface area (Å²) in [5, 5.41) is 13.7. The van der Waals surface area contributed by atoms with Crippen molar-refractivity contribution in [3.63, 3.8) is 0 Å². The van der Waals surface area contributed by atoms with Crippen LogP contribution in [0.4, 0.5) is 10.8 Å². The van der Waals surface area contributed by atoms with Gasteiger partial charge in [-0.25, -0.2) is 12.7 Å². The van der Waals surface area contributed by atoms with E-state index >= 15 is 0 Å². The van der Waals surface area contributed by atoms with Crippen LogP contribution in [0.15, 0.2) is 57.8 Å². The maximum atomic E-state index is 12.5. The van der Waals surface area contributed by atoms with Crippen molar-refractivity contribution in [2.24, 2.45) is 0 Å². The molecule has 3 aromatic rings. The minimum atomic E-state index is -3.57. The largest absolute Gasteiger partial charge is 0.325 e. The lowest BCUT2D eigenvalue weighted by Crippen LogP contribution is -2.22. The van der Waals surface area contributed by atoms with E-state index in [4.69, 9.17) is 0 Å². The first-order chi connectivity index (χ1) is 16.7. The van der Waals surface area contributed by atoms with Gasteiger partial charge in [0.25, 0.3) is 5.91 Å². The van der Waals surface area contributed by atoms with Crippen molar-refractivity contribution in [3.05, 3.63) is 59.7 Å². The molecule has 186 valence electrons. The Bertz CT molecular complexity index is 1260. The number of carbonyl (C=O) groups excluding carboxylic acids is 2. The predicted octanol–water partition coefficient (Wildman–Crippen LogP) is 4.11. The fraction of sp³-hybridized carbons (Fsp3) is 0.304. The van der Waals surface area contributed by atoms with E-state index in [1.807, 2.05) is 24.3 Å². The number of nitrogens with one attached hydrogen (secondary N) is 2. The third-order valence-corrected chi connectivity index (χ3v) is 8.71. The number of unbranched alkanes of at least 4 members (excludes halogenated alkanes) is 1. The number of amides is 2. The Morgan fingerprint density at radius 1 is 1.00 bits per heavy atom. The van der Waals surface area contributed by atoms with Gasteiger partial charge in [0.2, 0.25) is 21.1 Å². The number of carbonyl (C=O) groups is 2. The highest BCUT2D eigenvalue weighted by atomic mass is 32.2. The molecule has 2 N–H and O–H groups in total. The summed E-state index contributed by atoms with van der Waals surface area (Å²) >= 11 is 2.37. The number of hydrogen-bond acceptors (Lipinski definition) is 8. The lowest BCUT2D eigenvalue weighted by molar-refractivity contribution is -0.113. The van der Waals surface area contributed by atoms with Crippen LogP contribution >= 0.6 is 23.1 Å². The van der Waals surface area contributed by atoms with Crippen molar-refractivity contribution in [2.75, 3.05) is 30.5 Å². The normalized spacial score (nSPS) is 11.4. The number of anilines is 2. The molecule has 1 aromatic heterocycles. The predicted molar refractivity (Wildman–Crippen MR) is 140 cm³/mol. The van der Waals surface area contributed by atoms with Crippen molar-refractivity contribution in [1.82, 2.24) is 14.5 Å². The van der Waals surface area contributed by atoms with E-state index in [-0.39, 0.29) is 27.3 Å². The van der Waals surface area contributed by atoms with Gasteiger partial charge < -0.3 is 5.32 Å². The minimum absolute atomic E-state index is 0.0966. The van der Waals surface area contributed by atoms with E-state index in [0.29, 0.717) is 4.34 Å². The van der Waals surface area contributed by atoms with Gasteiger partial charge in [0.05, 0.1) is 10.6 Å². The third-order valence-electron chi connectivity index (χ3n) is 4.91. The second-order valence-corrected chi connectivity index (χ2v) is 12.1. The number of benzene rings is 2. The molecule has 0 fully saturated rings. The second-order valence-electron chi connectivity index (χ2n) is 7.78. The van der Waals surface area contributed by atoms with E-state index in [2.05, 4.69) is 27.8 Å². The van der Waals surface area contributed by atoms with Gasteiger partial charge in [-0.15, -0.1) is 10.2 Å². The average Bonchev–Trinajstić information content (AvgIpc) is 3.29. The van der Waals surface area contributed by atoms with Crippen LogP contribution in [-0.2, 0) is 21.2 Å². The van der Waals surface area contributed by atoms with Gasteiger partial charge in [0, 0.05) is 25.3 Å². The Hall–Kier alpha value is -2.80. The number of nitrogens with zero attached hydrogens (tertiary/aromatic N) is 3. The van der Waals surface area contributed by atoms with Crippen molar-refractivity contribution >= 4 is 55.8 Å². The zero-order valence-electron chi connectivity index (χ0n) is 19.6. The second kappa shape index (κ2) is 12.2. The molecule has 0 atom stereocenters. The summed E-state index contributed by atoms with van der Waals surface area (Å²) in [6.45, 7) is 2.16. The monoisotopic (exact) mass is 533 g/mol. The number of thioether (sulfide) groups is 1. The molecule has 0 aliphatic carbocycles. The molecule has 0 saturated heterocycles. The average molecular weight is 534 g/mol. The standard InChI is InChI=1S/C23H27N5O4S3/c1-4-5-6-16-7-11-18(12-8-16)24-20(29)15-33-23-27-26-22(34-23)25-21(30)17-9-13-19(14-10-17)35(31,32)28(2)3/h7-14H,4-6,15H2,1-3H3,(H,24,29)(H,25,26,30). The Morgan fingerprint density at radius 2 is 1.69 bits per heavy atom. The number of sulfonamides is 1. The van der Waals surface area contributed by atoms with Gasteiger partial charge in [-0.1, -0.05) is 48.6 Å². The van der Waals surface area contributed by atoms with E-state index in [1.165, 1.54) is 55.7 Å². The van der Waals surface area contributed by atoms with Crippen LogP contribution in [0.2, 0.25) is 0 Å². The lowest BCUT2D eigenvalue weighted by atomic mass is 10.1. The SMILES string of the molecule is CCCCc1ccc(NC(=O)CSc2nnc(NC(=O)c3ccc(S(=O)(=O)N(C)C)cc3)s2)cc1. The maximum Gasteiger partial charge on any atom is 0.257 e. The maximum absolute atomic E-state index is 12.5. The van der Waals surface area contributed by atoms with E-state index < -0.39 is 15.9 Å². The number of rotatable bonds is 11. The third kappa shape index (κ3) is 7.59. The molecule has 0 unspecified atom stereocenters. The molecule has 9 nitrogen and oxygen atoms in total. The van der Waals surface area contributed by atoms with Gasteiger partial charge >= 0.3 is 0 Å². The van der Waals surface area contributed by atoms with E-state index in [0.717, 1.165) is 40.6 Å². The summed E-state index contributed by atoms with van der Waals surface area (Å²) in [6, 6.07) is 13.5. The molecule has 0 spiro atoms. The van der Waals surface area contributed by atoms with Crippen LogP contribution in [0, 0.1) is 0 Å². The molecule has 0 radical (unpaired) electrons. The highest BCUT2D eigenvalue weighted by molar-refractivity contribution is 8.01. The van der Waals surface area contributed by atoms with Gasteiger partial charge in [0.15, 0.2) is 4.34 Å². The molecule has 0 saturated carbocycles.